The Morgan fingerprint density at radius 1 is 1.19 bits per heavy atom. The first-order valence-electron chi connectivity index (χ1n) is 10.3. The van der Waals surface area contributed by atoms with E-state index in [9.17, 15) is 23.4 Å². The molecule has 2 aromatic carbocycles. The van der Waals surface area contributed by atoms with Gasteiger partial charge in [-0.05, 0) is 37.0 Å². The minimum Gasteiger partial charge on any atom is -0.507 e. The standard InChI is InChI=1S/C23H26N2O6S/c1-3-4-5-8-17-13-18(26)21(16-9-6-7-15(2)12-16)22(28)23(17)32(29,30)25-19(27)14-20-24-10-11-31-20/h6-7,9-13,26,28H,3-5,8,14H2,1-2H3,(H,25,27). The number of unbranched alkanes of at least 4 members (excludes halogenated alkanes) is 2. The van der Waals surface area contributed by atoms with Gasteiger partial charge in [-0.15, -0.1) is 0 Å². The van der Waals surface area contributed by atoms with Gasteiger partial charge in [0.1, 0.15) is 29.1 Å². The van der Waals surface area contributed by atoms with Crippen molar-refractivity contribution < 1.29 is 27.8 Å². The lowest BCUT2D eigenvalue weighted by atomic mass is 9.97. The van der Waals surface area contributed by atoms with Gasteiger partial charge < -0.3 is 14.6 Å². The molecule has 3 aromatic rings. The number of phenols is 2. The molecule has 9 heteroatoms. The van der Waals surface area contributed by atoms with Crippen LogP contribution in [0.3, 0.4) is 0 Å². The number of benzene rings is 2. The average Bonchev–Trinajstić information content (AvgIpc) is 3.20. The van der Waals surface area contributed by atoms with Gasteiger partial charge in [-0.3, -0.25) is 4.79 Å². The van der Waals surface area contributed by atoms with Gasteiger partial charge in [0.25, 0.3) is 10.0 Å². The van der Waals surface area contributed by atoms with E-state index in [1.165, 1.54) is 18.5 Å². The second kappa shape index (κ2) is 9.86. The Morgan fingerprint density at radius 2 is 1.97 bits per heavy atom. The minimum atomic E-state index is -4.45. The number of oxazole rings is 1. The zero-order valence-corrected chi connectivity index (χ0v) is 18.8. The number of rotatable bonds is 9. The van der Waals surface area contributed by atoms with E-state index in [-0.39, 0.29) is 29.2 Å². The molecule has 0 aliphatic heterocycles. The van der Waals surface area contributed by atoms with Crippen LogP contribution in [0.1, 0.15) is 43.2 Å². The van der Waals surface area contributed by atoms with Crippen LogP contribution >= 0.6 is 0 Å². The Kier molecular flexibility index (Phi) is 7.19. The summed E-state index contributed by atoms with van der Waals surface area (Å²) in [6, 6.07) is 8.32. The molecule has 170 valence electrons. The number of hydrogen-bond acceptors (Lipinski definition) is 7. The maximum Gasteiger partial charge on any atom is 0.268 e. The van der Waals surface area contributed by atoms with Crippen LogP contribution in [-0.2, 0) is 27.7 Å². The van der Waals surface area contributed by atoms with E-state index < -0.39 is 26.6 Å². The zero-order valence-electron chi connectivity index (χ0n) is 18.0. The largest absolute Gasteiger partial charge is 0.507 e. The number of amides is 1. The molecule has 0 fully saturated rings. The molecule has 3 rings (SSSR count). The fourth-order valence-electron chi connectivity index (χ4n) is 3.54. The summed E-state index contributed by atoms with van der Waals surface area (Å²) < 4.78 is 33.3. The van der Waals surface area contributed by atoms with Crippen molar-refractivity contribution in [3.63, 3.8) is 0 Å². The normalized spacial score (nSPS) is 11.4. The lowest BCUT2D eigenvalue weighted by molar-refractivity contribution is -0.119. The molecule has 0 aliphatic carbocycles. The minimum absolute atomic E-state index is 0.00605. The van der Waals surface area contributed by atoms with Gasteiger partial charge in [0.05, 0.1) is 11.8 Å². The van der Waals surface area contributed by atoms with E-state index in [1.807, 2.05) is 24.6 Å². The average molecular weight is 459 g/mol. The summed E-state index contributed by atoms with van der Waals surface area (Å²) in [5, 5.41) is 21.7. The zero-order chi connectivity index (χ0) is 23.3. The van der Waals surface area contributed by atoms with Crippen LogP contribution < -0.4 is 4.72 Å². The molecule has 1 aromatic heterocycles. The number of nitrogens with one attached hydrogen (secondary N) is 1. The Balaban J connectivity index is 2.07. The number of phenolic OH excluding ortho intramolecular Hbond substituents is 2. The molecule has 0 unspecified atom stereocenters. The molecule has 0 atom stereocenters. The quantitative estimate of drug-likeness (QED) is 0.415. The first kappa shape index (κ1) is 23.3. The molecule has 1 heterocycles. The van der Waals surface area contributed by atoms with E-state index in [4.69, 9.17) is 4.42 Å². The fraction of sp³-hybridized carbons (Fsp3) is 0.304. The number of sulfonamides is 1. The molecule has 0 saturated heterocycles. The van der Waals surface area contributed by atoms with Crippen molar-refractivity contribution in [3.8, 4) is 22.6 Å². The van der Waals surface area contributed by atoms with Gasteiger partial charge in [-0.1, -0.05) is 49.6 Å². The summed E-state index contributed by atoms with van der Waals surface area (Å²) in [6.07, 6.45) is 4.98. The van der Waals surface area contributed by atoms with E-state index in [2.05, 4.69) is 4.98 Å². The molecule has 8 nitrogen and oxygen atoms in total. The molecule has 3 N–H and O–H groups in total. The maximum absolute atomic E-state index is 13.2. The first-order valence-corrected chi connectivity index (χ1v) is 11.8. The van der Waals surface area contributed by atoms with E-state index in [1.54, 1.807) is 18.2 Å². The number of aromatic hydroxyl groups is 2. The summed E-state index contributed by atoms with van der Waals surface area (Å²) in [5.41, 5.74) is 1.56. The van der Waals surface area contributed by atoms with Gasteiger partial charge in [-0.25, -0.2) is 18.1 Å². The topological polar surface area (TPSA) is 130 Å². The van der Waals surface area contributed by atoms with Crippen LogP contribution in [0.5, 0.6) is 11.5 Å². The van der Waals surface area contributed by atoms with Gasteiger partial charge in [0.2, 0.25) is 11.8 Å². The van der Waals surface area contributed by atoms with Gasteiger partial charge in [0.15, 0.2) is 0 Å². The van der Waals surface area contributed by atoms with Crippen molar-refractivity contribution in [1.82, 2.24) is 9.71 Å². The number of carbonyl (C=O) groups is 1. The number of aromatic nitrogens is 1. The molecular formula is C23H26N2O6S. The first-order chi connectivity index (χ1) is 15.2. The summed E-state index contributed by atoms with van der Waals surface area (Å²) in [5.74, 6) is -1.61. The van der Waals surface area contributed by atoms with E-state index >= 15 is 0 Å². The third kappa shape index (κ3) is 5.28. The Hall–Kier alpha value is -3.33. The number of carbonyl (C=O) groups excluding carboxylic acids is 1. The molecule has 0 aliphatic rings. The Labute approximate surface area is 187 Å². The van der Waals surface area contributed by atoms with Gasteiger partial charge in [0, 0.05) is 0 Å². The molecule has 0 bridgehead atoms. The second-order valence-corrected chi connectivity index (χ2v) is 9.18. The summed E-state index contributed by atoms with van der Waals surface area (Å²) >= 11 is 0. The highest BCUT2D eigenvalue weighted by atomic mass is 32.2. The van der Waals surface area contributed by atoms with Crippen molar-refractivity contribution in [2.45, 2.75) is 50.8 Å². The van der Waals surface area contributed by atoms with Crippen molar-refractivity contribution in [2.24, 2.45) is 0 Å². The predicted octanol–water partition coefficient (Wildman–Crippen LogP) is 3.84. The Morgan fingerprint density at radius 3 is 2.62 bits per heavy atom. The summed E-state index contributed by atoms with van der Waals surface area (Å²) in [4.78, 5) is 15.7. The second-order valence-electron chi connectivity index (χ2n) is 7.57. The van der Waals surface area contributed by atoms with Crippen LogP contribution in [0.4, 0.5) is 0 Å². The van der Waals surface area contributed by atoms with Crippen LogP contribution in [0.25, 0.3) is 11.1 Å². The van der Waals surface area contributed by atoms with E-state index in [0.29, 0.717) is 18.4 Å². The Bertz CT molecular complexity index is 1200. The van der Waals surface area contributed by atoms with Gasteiger partial charge in [-0.2, -0.15) is 0 Å². The predicted molar refractivity (Wildman–Crippen MR) is 119 cm³/mol. The molecule has 1 amide bonds. The third-order valence-corrected chi connectivity index (χ3v) is 6.47. The third-order valence-electron chi connectivity index (χ3n) is 4.98. The highest BCUT2D eigenvalue weighted by Crippen LogP contribution is 2.44. The molecule has 0 saturated carbocycles. The fourth-order valence-corrected chi connectivity index (χ4v) is 4.88. The van der Waals surface area contributed by atoms with Crippen molar-refractivity contribution in [2.75, 3.05) is 0 Å². The van der Waals surface area contributed by atoms with Crippen molar-refractivity contribution in [3.05, 3.63) is 59.8 Å². The van der Waals surface area contributed by atoms with Crippen LogP contribution in [-0.4, -0.2) is 29.5 Å². The van der Waals surface area contributed by atoms with Crippen LogP contribution in [0.2, 0.25) is 0 Å². The highest BCUT2D eigenvalue weighted by Gasteiger charge is 2.29. The van der Waals surface area contributed by atoms with Crippen LogP contribution in [0, 0.1) is 6.92 Å². The monoisotopic (exact) mass is 458 g/mol. The molecular weight excluding hydrogens is 432 g/mol. The molecule has 32 heavy (non-hydrogen) atoms. The van der Waals surface area contributed by atoms with Crippen molar-refractivity contribution >= 4 is 15.9 Å². The SMILES string of the molecule is CCCCCc1cc(O)c(-c2cccc(C)c2)c(O)c1S(=O)(=O)NC(=O)Cc1ncco1. The van der Waals surface area contributed by atoms with E-state index in [0.717, 1.165) is 18.4 Å². The van der Waals surface area contributed by atoms with Crippen LogP contribution in [0.15, 0.2) is 52.1 Å². The van der Waals surface area contributed by atoms with Gasteiger partial charge >= 0.3 is 0 Å². The maximum atomic E-state index is 13.2. The molecule has 0 radical (unpaired) electrons. The number of hydrogen-bond donors (Lipinski definition) is 3. The number of nitrogens with zero attached hydrogens (tertiary/aromatic N) is 1. The lowest BCUT2D eigenvalue weighted by Crippen LogP contribution is -2.32. The summed E-state index contributed by atoms with van der Waals surface area (Å²) in [7, 11) is -4.45. The summed E-state index contributed by atoms with van der Waals surface area (Å²) in [6.45, 7) is 3.85. The lowest BCUT2D eigenvalue weighted by Gasteiger charge is -2.18. The smallest absolute Gasteiger partial charge is 0.268 e. The molecule has 0 spiro atoms. The number of aryl methyl sites for hydroxylation is 2. The highest BCUT2D eigenvalue weighted by molar-refractivity contribution is 7.90. The van der Waals surface area contributed by atoms with Crippen molar-refractivity contribution in [1.29, 1.82) is 0 Å².